The summed E-state index contributed by atoms with van der Waals surface area (Å²) >= 11 is 11.3. The van der Waals surface area contributed by atoms with Crippen molar-refractivity contribution in [3.05, 3.63) is 39.9 Å². The van der Waals surface area contributed by atoms with Crippen molar-refractivity contribution < 1.29 is 13.2 Å². The van der Waals surface area contributed by atoms with Crippen LogP contribution in [-0.4, -0.2) is 13.6 Å². The van der Waals surface area contributed by atoms with E-state index in [0.29, 0.717) is 5.02 Å². The summed E-state index contributed by atoms with van der Waals surface area (Å²) in [5, 5.41) is -0.172. The van der Waals surface area contributed by atoms with E-state index >= 15 is 0 Å². The highest BCUT2D eigenvalue weighted by Crippen LogP contribution is 2.27. The molecule has 16 heavy (non-hydrogen) atoms. The van der Waals surface area contributed by atoms with E-state index in [9.17, 15) is 8.42 Å². The van der Waals surface area contributed by atoms with Gasteiger partial charge in [0.05, 0.1) is 11.2 Å². The van der Waals surface area contributed by atoms with Crippen LogP contribution in [0.3, 0.4) is 0 Å². The van der Waals surface area contributed by atoms with Crippen molar-refractivity contribution in [3.8, 4) is 5.75 Å². The van der Waals surface area contributed by atoms with Gasteiger partial charge in [0.15, 0.2) is 4.36 Å². The molecule has 0 radical (unpaired) electrons. The third-order valence-electron chi connectivity index (χ3n) is 1.79. The van der Waals surface area contributed by atoms with Crippen LogP contribution in [0, 0.1) is 0 Å². The molecule has 4 nitrogen and oxygen atoms in total. The van der Waals surface area contributed by atoms with E-state index < -0.39 is 15.1 Å². The zero-order valence-electron chi connectivity index (χ0n) is 7.72. The molecule has 0 amide bonds. The Labute approximate surface area is 102 Å². The molecule has 1 aromatic carbocycles. The number of para-hydroxylation sites is 1. The largest absolute Gasteiger partial charge is 0.428 e. The van der Waals surface area contributed by atoms with Gasteiger partial charge in [-0.25, -0.2) is 13.4 Å². The van der Waals surface area contributed by atoms with Gasteiger partial charge in [0.25, 0.3) is 9.84 Å². The van der Waals surface area contributed by atoms with Crippen LogP contribution in [-0.2, 0) is 9.84 Å². The standard InChI is InChI=1S/C9H5Cl2NO3S/c10-6-3-1-2-4-7(6)15-9-12-5-8(11)16(9,13)14/h1-5H. The van der Waals surface area contributed by atoms with Crippen LogP contribution in [0.4, 0.5) is 0 Å². The number of hydrogen-bond acceptors (Lipinski definition) is 4. The van der Waals surface area contributed by atoms with Gasteiger partial charge in [-0.3, -0.25) is 0 Å². The van der Waals surface area contributed by atoms with Crippen molar-refractivity contribution in [3.63, 3.8) is 0 Å². The Morgan fingerprint density at radius 1 is 1.19 bits per heavy atom. The van der Waals surface area contributed by atoms with Crippen LogP contribution in [0.15, 0.2) is 39.8 Å². The van der Waals surface area contributed by atoms with E-state index in [1.165, 1.54) is 6.07 Å². The highest BCUT2D eigenvalue weighted by Gasteiger charge is 2.31. The molecule has 1 aliphatic heterocycles. The Morgan fingerprint density at radius 3 is 2.44 bits per heavy atom. The molecule has 0 saturated carbocycles. The Kier molecular flexibility index (Phi) is 2.92. The summed E-state index contributed by atoms with van der Waals surface area (Å²) in [4.78, 5) is 3.56. The lowest BCUT2D eigenvalue weighted by molar-refractivity contribution is 0.550. The minimum Gasteiger partial charge on any atom is -0.428 e. The normalized spacial score (nSPS) is 17.9. The van der Waals surface area contributed by atoms with Crippen LogP contribution in [0.5, 0.6) is 5.75 Å². The molecule has 2 rings (SSSR count). The second-order valence-electron chi connectivity index (χ2n) is 2.86. The Balaban J connectivity index is 2.30. The lowest BCUT2D eigenvalue weighted by atomic mass is 10.3. The average Bonchev–Trinajstić information content (AvgIpc) is 2.48. The van der Waals surface area contributed by atoms with E-state index in [2.05, 4.69) is 4.99 Å². The molecule has 1 aromatic rings. The molecule has 0 N–H and O–H groups in total. The van der Waals surface area contributed by atoms with Gasteiger partial charge < -0.3 is 4.74 Å². The van der Waals surface area contributed by atoms with E-state index in [1.54, 1.807) is 18.2 Å². The predicted octanol–water partition coefficient (Wildman–Crippen LogP) is 2.54. The van der Waals surface area contributed by atoms with Gasteiger partial charge >= 0.3 is 5.23 Å². The smallest absolute Gasteiger partial charge is 0.321 e. The van der Waals surface area contributed by atoms with Crippen LogP contribution >= 0.6 is 23.2 Å². The minimum absolute atomic E-state index is 0.214. The van der Waals surface area contributed by atoms with E-state index in [0.717, 1.165) is 6.20 Å². The summed E-state index contributed by atoms with van der Waals surface area (Å²) in [7, 11) is -3.79. The molecule has 1 heterocycles. The zero-order valence-corrected chi connectivity index (χ0v) is 10.1. The second-order valence-corrected chi connectivity index (χ2v) is 5.70. The monoisotopic (exact) mass is 277 g/mol. The number of hydrogen-bond donors (Lipinski definition) is 0. The summed E-state index contributed by atoms with van der Waals surface area (Å²) in [5.41, 5.74) is 0. The van der Waals surface area contributed by atoms with Gasteiger partial charge in [-0.05, 0) is 12.1 Å². The fourth-order valence-electron chi connectivity index (χ4n) is 1.03. The van der Waals surface area contributed by atoms with Gasteiger partial charge in [0, 0.05) is 0 Å². The van der Waals surface area contributed by atoms with Crippen molar-refractivity contribution in [1.29, 1.82) is 0 Å². The van der Waals surface area contributed by atoms with E-state index in [-0.39, 0.29) is 10.1 Å². The van der Waals surface area contributed by atoms with Gasteiger partial charge in [0.2, 0.25) is 0 Å². The number of ether oxygens (including phenoxy) is 1. The molecule has 0 aliphatic carbocycles. The van der Waals surface area contributed by atoms with Gasteiger partial charge in [0.1, 0.15) is 5.75 Å². The molecular weight excluding hydrogens is 273 g/mol. The van der Waals surface area contributed by atoms with Crippen molar-refractivity contribution in [2.75, 3.05) is 0 Å². The first-order chi connectivity index (χ1) is 7.51. The first kappa shape index (κ1) is 11.4. The molecule has 84 valence electrons. The number of halogens is 2. The molecular formula is C9H5Cl2NO3S. The minimum atomic E-state index is -3.79. The molecule has 0 saturated heterocycles. The Bertz CT molecular complexity index is 593. The van der Waals surface area contributed by atoms with Crippen molar-refractivity contribution >= 4 is 38.3 Å². The predicted molar refractivity (Wildman–Crippen MR) is 62.4 cm³/mol. The summed E-state index contributed by atoms with van der Waals surface area (Å²) in [6.07, 6.45) is 1.02. The van der Waals surface area contributed by atoms with E-state index in [1.807, 2.05) is 0 Å². The van der Waals surface area contributed by atoms with Crippen LogP contribution < -0.4 is 4.74 Å². The van der Waals surface area contributed by atoms with E-state index in [4.69, 9.17) is 27.9 Å². The third kappa shape index (κ3) is 1.93. The average molecular weight is 278 g/mol. The van der Waals surface area contributed by atoms with Crippen molar-refractivity contribution in [2.45, 2.75) is 0 Å². The molecule has 1 aliphatic rings. The fourth-order valence-corrected chi connectivity index (χ4v) is 2.20. The number of aliphatic imine (C=N–C) groups is 1. The Morgan fingerprint density at radius 2 is 1.88 bits per heavy atom. The first-order valence-corrected chi connectivity index (χ1v) is 6.36. The maximum absolute atomic E-state index is 11.5. The molecule has 7 heteroatoms. The summed E-state index contributed by atoms with van der Waals surface area (Å²) in [6.45, 7) is 0. The molecule has 0 fully saturated rings. The lowest BCUT2D eigenvalue weighted by Gasteiger charge is -2.05. The molecule has 0 atom stereocenters. The number of sulfone groups is 1. The maximum Gasteiger partial charge on any atom is 0.321 e. The summed E-state index contributed by atoms with van der Waals surface area (Å²) < 4.78 is 27.7. The molecule has 0 spiro atoms. The number of nitrogens with zero attached hydrogens (tertiary/aromatic N) is 1. The Hall–Kier alpha value is -1.04. The summed E-state index contributed by atoms with van der Waals surface area (Å²) in [5.74, 6) is 0.214. The highest BCUT2D eigenvalue weighted by atomic mass is 35.5. The lowest BCUT2D eigenvalue weighted by Crippen LogP contribution is -2.17. The third-order valence-corrected chi connectivity index (χ3v) is 4.08. The maximum atomic E-state index is 11.5. The fraction of sp³-hybridized carbons (Fsp3) is 0. The van der Waals surface area contributed by atoms with Crippen molar-refractivity contribution in [2.24, 2.45) is 4.99 Å². The second kappa shape index (κ2) is 4.08. The summed E-state index contributed by atoms with van der Waals surface area (Å²) in [6, 6.07) is 6.48. The van der Waals surface area contributed by atoms with Crippen LogP contribution in [0.1, 0.15) is 0 Å². The quantitative estimate of drug-likeness (QED) is 0.793. The topological polar surface area (TPSA) is 55.7 Å². The van der Waals surface area contributed by atoms with Crippen LogP contribution in [0.25, 0.3) is 0 Å². The van der Waals surface area contributed by atoms with Crippen LogP contribution in [0.2, 0.25) is 5.02 Å². The van der Waals surface area contributed by atoms with Crippen molar-refractivity contribution in [1.82, 2.24) is 0 Å². The highest BCUT2D eigenvalue weighted by molar-refractivity contribution is 8.10. The van der Waals surface area contributed by atoms with Gasteiger partial charge in [-0.2, -0.15) is 0 Å². The SMILES string of the molecule is O=S1(=O)C(Cl)=CN=C1Oc1ccccc1Cl. The van der Waals surface area contributed by atoms with Gasteiger partial charge in [-0.1, -0.05) is 35.3 Å². The number of benzene rings is 1. The molecule has 0 aromatic heterocycles. The van der Waals surface area contributed by atoms with Gasteiger partial charge in [-0.15, -0.1) is 0 Å². The first-order valence-electron chi connectivity index (χ1n) is 4.13. The zero-order chi connectivity index (χ0) is 11.8. The molecule has 0 bridgehead atoms. The number of rotatable bonds is 1. The molecule has 0 unspecified atom stereocenters.